The van der Waals surface area contributed by atoms with Crippen LogP contribution in [-0.2, 0) is 6.18 Å². The minimum atomic E-state index is -4.85. The fourth-order valence-corrected chi connectivity index (χ4v) is 3.41. The Morgan fingerprint density at radius 1 is 0.800 bits per heavy atom. The highest BCUT2D eigenvalue weighted by Crippen LogP contribution is 2.38. The molecule has 0 fully saturated rings. The van der Waals surface area contributed by atoms with Gasteiger partial charge in [-0.25, -0.2) is 9.59 Å². The predicted octanol–water partition coefficient (Wildman–Crippen LogP) is 6.12. The van der Waals surface area contributed by atoms with E-state index in [0.29, 0.717) is 23.3 Å². The van der Waals surface area contributed by atoms with Gasteiger partial charge in [0.2, 0.25) is 0 Å². The van der Waals surface area contributed by atoms with E-state index in [-0.39, 0.29) is 22.9 Å². The molecule has 0 aliphatic heterocycles. The monoisotopic (exact) mass is 550 g/mol. The molecule has 3 amide bonds. The number of hydrogen-bond donors (Lipinski definition) is 3. The molecule has 0 saturated heterocycles. The third kappa shape index (κ3) is 7.13. The average molecular weight is 550 g/mol. The molecule has 0 aliphatic rings. The molecule has 0 saturated carbocycles. The lowest BCUT2D eigenvalue weighted by atomic mass is 10.1. The van der Waals surface area contributed by atoms with E-state index in [1.54, 1.807) is 36.4 Å². The molecule has 9 nitrogen and oxygen atoms in total. The van der Waals surface area contributed by atoms with E-state index in [0.717, 1.165) is 6.07 Å². The number of urea groups is 1. The summed E-state index contributed by atoms with van der Waals surface area (Å²) in [6, 6.07) is 18.8. The van der Waals surface area contributed by atoms with Gasteiger partial charge in [0.05, 0.1) is 5.56 Å². The normalized spacial score (nSPS) is 10.8. The van der Waals surface area contributed by atoms with E-state index < -0.39 is 29.5 Å². The number of nitrogens with one attached hydrogen (secondary N) is 3. The molecule has 1 aromatic heterocycles. The molecular formula is C28H21F3N4O5. The third-order valence-electron chi connectivity index (χ3n) is 5.29. The number of anilines is 2. The highest BCUT2D eigenvalue weighted by atomic mass is 19.4. The van der Waals surface area contributed by atoms with E-state index in [4.69, 9.17) is 9.47 Å². The molecule has 1 heterocycles. The number of aromatic nitrogens is 1. The number of carbonyl (C=O) groups excluding carboxylic acids is 3. The van der Waals surface area contributed by atoms with Crippen LogP contribution in [0.15, 0.2) is 91.1 Å². The Balaban J connectivity index is 1.40. The number of rotatable bonds is 7. The van der Waals surface area contributed by atoms with Crippen LogP contribution in [0, 0.1) is 0 Å². The number of amides is 3. The zero-order chi connectivity index (χ0) is 28.7. The van der Waals surface area contributed by atoms with Crippen molar-refractivity contribution in [2.75, 3.05) is 17.7 Å². The first-order valence-electron chi connectivity index (χ1n) is 11.6. The topological polar surface area (TPSA) is 119 Å². The Morgan fingerprint density at radius 2 is 1.48 bits per heavy atom. The maximum atomic E-state index is 13.7. The van der Waals surface area contributed by atoms with E-state index in [1.165, 1.54) is 49.6 Å². The van der Waals surface area contributed by atoms with Gasteiger partial charge in [-0.3, -0.25) is 9.78 Å². The Morgan fingerprint density at radius 3 is 2.15 bits per heavy atom. The maximum Gasteiger partial charge on any atom is 0.420 e. The van der Waals surface area contributed by atoms with Gasteiger partial charge >= 0.3 is 18.2 Å². The van der Waals surface area contributed by atoms with Crippen molar-refractivity contribution in [2.24, 2.45) is 0 Å². The Kier molecular flexibility index (Phi) is 8.28. The van der Waals surface area contributed by atoms with E-state index in [9.17, 15) is 27.6 Å². The van der Waals surface area contributed by atoms with Gasteiger partial charge < -0.3 is 25.4 Å². The summed E-state index contributed by atoms with van der Waals surface area (Å²) in [5.41, 5.74) is -0.815. The SMILES string of the molecule is CNC(=O)c1cc(Oc2ccc(NC(=O)Nc3ccc(OC(=O)c4ccccc4)c(C(F)(F)F)c3)cc2)ccn1. The van der Waals surface area contributed by atoms with Gasteiger partial charge in [0.1, 0.15) is 28.5 Å². The molecule has 12 heteroatoms. The number of esters is 1. The highest BCUT2D eigenvalue weighted by Gasteiger charge is 2.35. The molecule has 0 unspecified atom stereocenters. The number of hydrogen-bond acceptors (Lipinski definition) is 6. The van der Waals surface area contributed by atoms with Crippen LogP contribution in [0.25, 0.3) is 0 Å². The first kappa shape index (κ1) is 27.6. The molecule has 3 N–H and O–H groups in total. The molecule has 4 aromatic rings. The summed E-state index contributed by atoms with van der Waals surface area (Å²) < 4.78 is 51.7. The van der Waals surface area contributed by atoms with Gasteiger partial charge in [0.25, 0.3) is 5.91 Å². The van der Waals surface area contributed by atoms with Crippen LogP contribution in [0.3, 0.4) is 0 Å². The van der Waals surface area contributed by atoms with E-state index in [2.05, 4.69) is 20.9 Å². The quantitative estimate of drug-likeness (QED) is 0.189. The molecule has 204 valence electrons. The van der Waals surface area contributed by atoms with Crippen molar-refractivity contribution in [3.05, 3.63) is 108 Å². The lowest BCUT2D eigenvalue weighted by Gasteiger charge is -2.15. The Hall–Kier alpha value is -5.39. The van der Waals surface area contributed by atoms with Crippen LogP contribution in [0.2, 0.25) is 0 Å². The summed E-state index contributed by atoms with van der Waals surface area (Å²) in [4.78, 5) is 40.4. The van der Waals surface area contributed by atoms with Crippen LogP contribution in [0.1, 0.15) is 26.4 Å². The van der Waals surface area contributed by atoms with Gasteiger partial charge in [0, 0.05) is 30.7 Å². The molecule has 3 aromatic carbocycles. The first-order valence-corrected chi connectivity index (χ1v) is 11.6. The summed E-state index contributed by atoms with van der Waals surface area (Å²) in [5, 5.41) is 7.29. The van der Waals surface area contributed by atoms with Crippen LogP contribution in [-0.4, -0.2) is 29.9 Å². The number of halogens is 3. The molecule has 40 heavy (non-hydrogen) atoms. The number of nitrogens with zero attached hydrogens (tertiary/aromatic N) is 1. The summed E-state index contributed by atoms with van der Waals surface area (Å²) in [5.74, 6) is -1.26. The van der Waals surface area contributed by atoms with Gasteiger partial charge in [-0.2, -0.15) is 13.2 Å². The largest absolute Gasteiger partial charge is 0.457 e. The van der Waals surface area contributed by atoms with Crippen molar-refractivity contribution < 1.29 is 37.0 Å². The average Bonchev–Trinajstić information content (AvgIpc) is 2.94. The van der Waals surface area contributed by atoms with Crippen molar-refractivity contribution in [1.29, 1.82) is 0 Å². The minimum absolute atomic E-state index is 0.0862. The van der Waals surface area contributed by atoms with Crippen LogP contribution in [0.4, 0.5) is 29.3 Å². The molecule has 0 spiro atoms. The summed E-state index contributed by atoms with van der Waals surface area (Å²) in [6.45, 7) is 0. The van der Waals surface area contributed by atoms with Gasteiger partial charge in [0.15, 0.2) is 0 Å². The molecule has 0 radical (unpaired) electrons. The maximum absolute atomic E-state index is 13.7. The zero-order valence-corrected chi connectivity index (χ0v) is 20.8. The third-order valence-corrected chi connectivity index (χ3v) is 5.29. The Bertz CT molecular complexity index is 1530. The smallest absolute Gasteiger partial charge is 0.420 e. The van der Waals surface area contributed by atoms with E-state index in [1.807, 2.05) is 0 Å². The van der Waals surface area contributed by atoms with Gasteiger partial charge in [-0.15, -0.1) is 0 Å². The highest BCUT2D eigenvalue weighted by molar-refractivity contribution is 6.00. The molecule has 0 bridgehead atoms. The van der Waals surface area contributed by atoms with Crippen molar-refractivity contribution in [3.63, 3.8) is 0 Å². The number of ether oxygens (including phenoxy) is 2. The van der Waals surface area contributed by atoms with Crippen molar-refractivity contribution in [2.45, 2.75) is 6.18 Å². The second-order valence-electron chi connectivity index (χ2n) is 8.13. The molecule has 4 rings (SSSR count). The van der Waals surface area contributed by atoms with Crippen molar-refractivity contribution >= 4 is 29.3 Å². The van der Waals surface area contributed by atoms with Gasteiger partial charge in [-0.1, -0.05) is 18.2 Å². The number of carbonyl (C=O) groups is 3. The zero-order valence-electron chi connectivity index (χ0n) is 20.8. The Labute approximate surface area is 226 Å². The summed E-state index contributed by atoms with van der Waals surface area (Å²) in [7, 11) is 1.48. The van der Waals surface area contributed by atoms with Crippen LogP contribution < -0.4 is 25.4 Å². The first-order chi connectivity index (χ1) is 19.1. The lowest BCUT2D eigenvalue weighted by molar-refractivity contribution is -0.138. The molecule has 0 aliphatic carbocycles. The fourth-order valence-electron chi connectivity index (χ4n) is 3.41. The standard InChI is InChI=1S/C28H21F3N4O5/c1-32-25(36)23-16-21(13-14-33-23)39-20-10-7-18(8-11-20)34-27(38)35-19-9-12-24(22(15-19)28(29,30)31)40-26(37)17-5-3-2-4-6-17/h2-16H,1H3,(H,32,36)(H2,34,35,38). The number of benzene rings is 3. The minimum Gasteiger partial charge on any atom is -0.457 e. The number of pyridine rings is 1. The summed E-state index contributed by atoms with van der Waals surface area (Å²) >= 11 is 0. The fraction of sp³-hybridized carbons (Fsp3) is 0.0714. The van der Waals surface area contributed by atoms with Crippen molar-refractivity contribution in [3.8, 4) is 17.2 Å². The van der Waals surface area contributed by atoms with Crippen LogP contribution in [0.5, 0.6) is 17.2 Å². The van der Waals surface area contributed by atoms with Crippen molar-refractivity contribution in [1.82, 2.24) is 10.3 Å². The predicted molar refractivity (Wildman–Crippen MR) is 140 cm³/mol. The second-order valence-corrected chi connectivity index (χ2v) is 8.13. The summed E-state index contributed by atoms with van der Waals surface area (Å²) in [6.07, 6.45) is -3.43. The van der Waals surface area contributed by atoms with Crippen LogP contribution >= 0.6 is 0 Å². The van der Waals surface area contributed by atoms with Gasteiger partial charge in [-0.05, 0) is 60.7 Å². The number of alkyl halides is 3. The second kappa shape index (κ2) is 12.0. The lowest BCUT2D eigenvalue weighted by Crippen LogP contribution is -2.20. The molecular weight excluding hydrogens is 529 g/mol. The van der Waals surface area contributed by atoms with E-state index >= 15 is 0 Å². The molecule has 0 atom stereocenters.